The van der Waals surface area contributed by atoms with Crippen LogP contribution < -0.4 is 9.47 Å². The van der Waals surface area contributed by atoms with Crippen molar-refractivity contribution < 1.29 is 23.9 Å². The number of nitrogens with zero attached hydrogens (tertiary/aromatic N) is 1. The van der Waals surface area contributed by atoms with Crippen LogP contribution in [0, 0.1) is 10.1 Å². The number of carbonyl (C=O) groups is 1. The van der Waals surface area contributed by atoms with Gasteiger partial charge >= 0.3 is 5.97 Å². The molecule has 0 spiro atoms. The van der Waals surface area contributed by atoms with Gasteiger partial charge in [0.05, 0.1) is 17.1 Å². The van der Waals surface area contributed by atoms with Gasteiger partial charge in [0.15, 0.2) is 11.5 Å². The molecule has 0 bridgehead atoms. The summed E-state index contributed by atoms with van der Waals surface area (Å²) >= 11 is 6.29. The van der Waals surface area contributed by atoms with Crippen molar-refractivity contribution in [2.45, 2.75) is 6.61 Å². The smallest absolute Gasteiger partial charge is 0.331 e. The highest BCUT2D eigenvalue weighted by atomic mass is 35.5. The van der Waals surface area contributed by atoms with E-state index in [0.29, 0.717) is 22.1 Å². The summed E-state index contributed by atoms with van der Waals surface area (Å²) in [4.78, 5) is 21.8. The number of ether oxygens (including phenoxy) is 3. The molecule has 7 nitrogen and oxygen atoms in total. The molecular weight excluding hydrogens is 386 g/mol. The highest BCUT2D eigenvalue weighted by molar-refractivity contribution is 6.32. The highest BCUT2D eigenvalue weighted by Gasteiger charge is 2.12. The van der Waals surface area contributed by atoms with Crippen LogP contribution in [0.4, 0.5) is 5.69 Å². The third-order valence-electron chi connectivity index (χ3n) is 3.54. The van der Waals surface area contributed by atoms with Crippen molar-refractivity contribution >= 4 is 29.3 Å². The van der Waals surface area contributed by atoms with E-state index in [1.807, 2.05) is 0 Å². The van der Waals surface area contributed by atoms with Gasteiger partial charge < -0.3 is 14.2 Å². The molecule has 146 valence electrons. The maximum atomic E-state index is 11.5. The first-order chi connectivity index (χ1) is 13.4. The first-order valence-corrected chi connectivity index (χ1v) is 8.51. The van der Waals surface area contributed by atoms with E-state index in [9.17, 15) is 14.9 Å². The Hall–Kier alpha value is -3.32. The summed E-state index contributed by atoms with van der Waals surface area (Å²) in [6, 6.07) is 9.28. The lowest BCUT2D eigenvalue weighted by atomic mass is 10.2. The fourth-order valence-corrected chi connectivity index (χ4v) is 2.47. The van der Waals surface area contributed by atoms with Gasteiger partial charge in [-0.3, -0.25) is 10.1 Å². The normalized spacial score (nSPS) is 10.5. The Morgan fingerprint density at radius 3 is 2.61 bits per heavy atom. The minimum Gasteiger partial charge on any atom is -0.493 e. The predicted molar refractivity (Wildman–Crippen MR) is 106 cm³/mol. The second-order valence-electron chi connectivity index (χ2n) is 5.50. The molecule has 2 rings (SSSR count). The molecule has 0 amide bonds. The lowest BCUT2D eigenvalue weighted by molar-refractivity contribution is -0.384. The largest absolute Gasteiger partial charge is 0.493 e. The predicted octanol–water partition coefficient (Wildman–Crippen LogP) is 4.58. The minimum absolute atomic E-state index is 0.00196. The molecule has 0 radical (unpaired) electrons. The van der Waals surface area contributed by atoms with E-state index in [-0.39, 0.29) is 18.9 Å². The van der Waals surface area contributed by atoms with E-state index < -0.39 is 10.9 Å². The van der Waals surface area contributed by atoms with Gasteiger partial charge in [-0.25, -0.2) is 4.79 Å². The van der Waals surface area contributed by atoms with Crippen LogP contribution in [0.2, 0.25) is 5.02 Å². The Balaban J connectivity index is 2.12. The van der Waals surface area contributed by atoms with Gasteiger partial charge in [0.1, 0.15) is 13.2 Å². The van der Waals surface area contributed by atoms with E-state index in [1.54, 1.807) is 30.3 Å². The van der Waals surface area contributed by atoms with Gasteiger partial charge in [-0.15, -0.1) is 0 Å². The van der Waals surface area contributed by atoms with E-state index in [4.69, 9.17) is 25.8 Å². The lowest BCUT2D eigenvalue weighted by Gasteiger charge is -2.13. The van der Waals surface area contributed by atoms with E-state index >= 15 is 0 Å². The molecule has 0 aromatic heterocycles. The standard InChI is InChI=1S/C20H18ClNO6/c1-3-10-27-19(23)9-6-15-11-17(21)20(18(12-15)26-2)28-13-14-4-7-16(8-5-14)22(24)25/h3-9,11-12H,1,10,13H2,2H3/b9-6+. The maximum absolute atomic E-state index is 11.5. The second kappa shape index (κ2) is 10.1. The summed E-state index contributed by atoms with van der Waals surface area (Å²) in [5, 5.41) is 11.0. The van der Waals surface area contributed by atoms with Crippen molar-refractivity contribution in [1.82, 2.24) is 0 Å². The van der Waals surface area contributed by atoms with Crippen molar-refractivity contribution in [3.05, 3.63) is 81.4 Å². The van der Waals surface area contributed by atoms with Crippen molar-refractivity contribution in [2.75, 3.05) is 13.7 Å². The zero-order chi connectivity index (χ0) is 20.5. The SMILES string of the molecule is C=CCOC(=O)/C=C/c1cc(Cl)c(OCc2ccc([N+](=O)[O-])cc2)c(OC)c1. The Kier molecular flexibility index (Phi) is 7.59. The van der Waals surface area contributed by atoms with Crippen LogP contribution in [0.15, 0.2) is 55.1 Å². The summed E-state index contributed by atoms with van der Waals surface area (Å²) < 4.78 is 15.9. The molecule has 0 N–H and O–H groups in total. The first-order valence-electron chi connectivity index (χ1n) is 8.14. The number of benzene rings is 2. The zero-order valence-corrected chi connectivity index (χ0v) is 15.8. The molecule has 0 aliphatic heterocycles. The Morgan fingerprint density at radius 1 is 1.29 bits per heavy atom. The van der Waals surface area contributed by atoms with Gasteiger partial charge in [-0.05, 0) is 41.5 Å². The number of hydrogen-bond donors (Lipinski definition) is 0. The van der Waals surface area contributed by atoms with Gasteiger partial charge in [0.25, 0.3) is 5.69 Å². The van der Waals surface area contributed by atoms with Gasteiger partial charge in [0.2, 0.25) is 0 Å². The Labute approximate surface area is 166 Å². The molecule has 2 aromatic rings. The van der Waals surface area contributed by atoms with Crippen molar-refractivity contribution in [3.8, 4) is 11.5 Å². The third kappa shape index (κ3) is 5.85. The molecule has 8 heteroatoms. The molecule has 28 heavy (non-hydrogen) atoms. The van der Waals surface area contributed by atoms with Crippen LogP contribution in [-0.2, 0) is 16.1 Å². The van der Waals surface area contributed by atoms with Gasteiger partial charge in [-0.2, -0.15) is 0 Å². The fraction of sp³-hybridized carbons (Fsp3) is 0.150. The topological polar surface area (TPSA) is 87.9 Å². The number of esters is 1. The molecule has 0 saturated heterocycles. The summed E-state index contributed by atoms with van der Waals surface area (Å²) in [7, 11) is 1.47. The highest BCUT2D eigenvalue weighted by Crippen LogP contribution is 2.37. The fourth-order valence-electron chi connectivity index (χ4n) is 2.20. The third-order valence-corrected chi connectivity index (χ3v) is 3.82. The van der Waals surface area contributed by atoms with Crippen LogP contribution >= 0.6 is 11.6 Å². The average molecular weight is 404 g/mol. The van der Waals surface area contributed by atoms with Crippen molar-refractivity contribution in [3.63, 3.8) is 0 Å². The number of hydrogen-bond acceptors (Lipinski definition) is 6. The van der Waals surface area contributed by atoms with E-state index in [0.717, 1.165) is 5.56 Å². The number of non-ortho nitro benzene ring substituents is 1. The molecular formula is C20H18ClNO6. The monoisotopic (exact) mass is 403 g/mol. The van der Waals surface area contributed by atoms with Gasteiger partial charge in [0, 0.05) is 18.2 Å². The zero-order valence-electron chi connectivity index (χ0n) is 15.1. The number of nitro groups is 1. The summed E-state index contributed by atoms with van der Waals surface area (Å²) in [5.74, 6) is 0.205. The molecule has 0 aliphatic carbocycles. The van der Waals surface area contributed by atoms with Crippen LogP contribution in [0.1, 0.15) is 11.1 Å². The molecule has 0 fully saturated rings. The van der Waals surface area contributed by atoms with Crippen molar-refractivity contribution in [1.29, 1.82) is 0 Å². The molecule has 2 aromatic carbocycles. The molecule has 0 unspecified atom stereocenters. The average Bonchev–Trinajstić information content (AvgIpc) is 2.69. The number of carbonyl (C=O) groups excluding carboxylic acids is 1. The van der Waals surface area contributed by atoms with Crippen LogP contribution in [0.5, 0.6) is 11.5 Å². The van der Waals surface area contributed by atoms with E-state index in [1.165, 1.54) is 31.4 Å². The maximum Gasteiger partial charge on any atom is 0.331 e. The molecule has 0 aliphatic rings. The first kappa shape index (κ1) is 21.0. The van der Waals surface area contributed by atoms with Crippen LogP contribution in [0.25, 0.3) is 6.08 Å². The summed E-state index contributed by atoms with van der Waals surface area (Å²) in [6.45, 7) is 3.74. The Morgan fingerprint density at radius 2 is 2.00 bits per heavy atom. The van der Waals surface area contributed by atoms with E-state index in [2.05, 4.69) is 6.58 Å². The molecule has 0 saturated carbocycles. The number of rotatable bonds is 9. The van der Waals surface area contributed by atoms with Crippen LogP contribution in [-0.4, -0.2) is 24.6 Å². The van der Waals surface area contributed by atoms with Gasteiger partial charge in [-0.1, -0.05) is 24.3 Å². The molecule has 0 heterocycles. The number of methoxy groups -OCH3 is 1. The molecule has 0 atom stereocenters. The lowest BCUT2D eigenvalue weighted by Crippen LogP contribution is -2.00. The quantitative estimate of drug-likeness (QED) is 0.200. The van der Waals surface area contributed by atoms with Crippen LogP contribution in [0.3, 0.4) is 0 Å². The second-order valence-corrected chi connectivity index (χ2v) is 5.91. The van der Waals surface area contributed by atoms with Crippen molar-refractivity contribution in [2.24, 2.45) is 0 Å². The minimum atomic E-state index is -0.506. The number of nitro benzene ring substituents is 1. The number of halogens is 1. The summed E-state index contributed by atoms with van der Waals surface area (Å²) in [6.07, 6.45) is 4.29. The Bertz CT molecular complexity index is 892. The summed E-state index contributed by atoms with van der Waals surface area (Å²) in [5.41, 5.74) is 1.36.